The van der Waals surface area contributed by atoms with Crippen molar-refractivity contribution in [1.82, 2.24) is 4.90 Å². The van der Waals surface area contributed by atoms with Crippen molar-refractivity contribution in [3.8, 4) is 0 Å². The Balaban J connectivity index is 2.18. The van der Waals surface area contributed by atoms with Crippen LogP contribution in [0.1, 0.15) is 12.0 Å². The molecule has 0 radical (unpaired) electrons. The van der Waals surface area contributed by atoms with E-state index in [0.29, 0.717) is 6.54 Å². The quantitative estimate of drug-likeness (QED) is 0.720. The predicted octanol–water partition coefficient (Wildman–Crippen LogP) is 0.871. The predicted molar refractivity (Wildman–Crippen MR) is 67.3 cm³/mol. The van der Waals surface area contributed by atoms with Crippen LogP contribution in [0.3, 0.4) is 0 Å². The average Bonchev–Trinajstić information content (AvgIpc) is 2.34. The first-order chi connectivity index (χ1) is 7.72. The number of aliphatic hydroxyl groups is 1. The molecule has 0 aliphatic heterocycles. The summed E-state index contributed by atoms with van der Waals surface area (Å²) in [5.74, 6) is 0. The molecule has 0 aromatic heterocycles. The molecular formula is C13H22N2O. The molecular weight excluding hydrogens is 200 g/mol. The molecule has 0 heterocycles. The second kappa shape index (κ2) is 7.39. The molecule has 1 atom stereocenters. The van der Waals surface area contributed by atoms with Gasteiger partial charge in [-0.25, -0.2) is 0 Å². The van der Waals surface area contributed by atoms with Gasteiger partial charge in [-0.1, -0.05) is 30.3 Å². The second-order valence-electron chi connectivity index (χ2n) is 4.22. The van der Waals surface area contributed by atoms with E-state index in [1.807, 2.05) is 6.07 Å². The fourth-order valence-corrected chi connectivity index (χ4v) is 1.56. The summed E-state index contributed by atoms with van der Waals surface area (Å²) in [6, 6.07) is 10.4. The number of likely N-dealkylation sites (N-methyl/N-ethyl adjacent to an activating group) is 1. The fraction of sp³-hybridized carbons (Fsp3) is 0.538. The topological polar surface area (TPSA) is 49.5 Å². The molecule has 1 unspecified atom stereocenters. The molecule has 0 saturated carbocycles. The normalized spacial score (nSPS) is 13.0. The van der Waals surface area contributed by atoms with Crippen LogP contribution in [0, 0.1) is 0 Å². The Labute approximate surface area is 97.9 Å². The highest BCUT2D eigenvalue weighted by Crippen LogP contribution is 2.01. The smallest absolute Gasteiger partial charge is 0.0674 e. The maximum absolute atomic E-state index is 9.34. The van der Waals surface area contributed by atoms with Crippen LogP contribution in [-0.2, 0) is 6.42 Å². The van der Waals surface area contributed by atoms with Crippen molar-refractivity contribution in [3.63, 3.8) is 0 Å². The van der Waals surface area contributed by atoms with Gasteiger partial charge < -0.3 is 15.7 Å². The Morgan fingerprint density at radius 2 is 1.94 bits per heavy atom. The molecule has 1 rings (SSSR count). The molecule has 0 aliphatic carbocycles. The van der Waals surface area contributed by atoms with Crippen LogP contribution >= 0.6 is 0 Å². The maximum Gasteiger partial charge on any atom is 0.0674 e. The van der Waals surface area contributed by atoms with Crippen molar-refractivity contribution in [1.29, 1.82) is 0 Å². The minimum atomic E-state index is -0.362. The molecule has 90 valence electrons. The van der Waals surface area contributed by atoms with E-state index in [2.05, 4.69) is 36.2 Å². The van der Waals surface area contributed by atoms with E-state index < -0.39 is 0 Å². The molecule has 0 fully saturated rings. The number of nitrogens with two attached hydrogens (primary N) is 1. The molecule has 1 aromatic carbocycles. The summed E-state index contributed by atoms with van der Waals surface area (Å²) in [6.07, 6.45) is 1.44. The third kappa shape index (κ3) is 5.26. The Bertz CT molecular complexity index is 277. The molecule has 16 heavy (non-hydrogen) atoms. The van der Waals surface area contributed by atoms with Crippen LogP contribution in [0.15, 0.2) is 30.3 Å². The number of benzene rings is 1. The molecule has 0 spiro atoms. The van der Waals surface area contributed by atoms with Crippen molar-refractivity contribution < 1.29 is 5.11 Å². The summed E-state index contributed by atoms with van der Waals surface area (Å²) in [6.45, 7) is 2.26. The van der Waals surface area contributed by atoms with Gasteiger partial charge in [0.25, 0.3) is 0 Å². The first kappa shape index (κ1) is 13.2. The van der Waals surface area contributed by atoms with E-state index in [9.17, 15) is 5.11 Å². The maximum atomic E-state index is 9.34. The average molecular weight is 222 g/mol. The van der Waals surface area contributed by atoms with Gasteiger partial charge in [0.1, 0.15) is 0 Å². The molecule has 0 bridgehead atoms. The number of nitrogens with zero attached hydrogens (tertiary/aromatic N) is 1. The van der Waals surface area contributed by atoms with E-state index >= 15 is 0 Å². The molecule has 0 amide bonds. The van der Waals surface area contributed by atoms with Gasteiger partial charge in [0.15, 0.2) is 0 Å². The number of hydrogen-bond acceptors (Lipinski definition) is 3. The Hall–Kier alpha value is -0.900. The highest BCUT2D eigenvalue weighted by atomic mass is 16.3. The third-order valence-corrected chi connectivity index (χ3v) is 2.74. The van der Waals surface area contributed by atoms with E-state index in [1.54, 1.807) is 0 Å². The highest BCUT2D eigenvalue weighted by Gasteiger charge is 2.04. The summed E-state index contributed by atoms with van der Waals surface area (Å²) >= 11 is 0. The largest absolute Gasteiger partial charge is 0.392 e. The zero-order valence-electron chi connectivity index (χ0n) is 9.97. The second-order valence-corrected chi connectivity index (χ2v) is 4.22. The number of rotatable bonds is 7. The van der Waals surface area contributed by atoms with Crippen molar-refractivity contribution in [2.75, 3.05) is 26.7 Å². The molecule has 3 heteroatoms. The van der Waals surface area contributed by atoms with E-state index in [0.717, 1.165) is 25.9 Å². The summed E-state index contributed by atoms with van der Waals surface area (Å²) in [5.41, 5.74) is 6.71. The first-order valence-corrected chi connectivity index (χ1v) is 5.83. The van der Waals surface area contributed by atoms with Crippen LogP contribution in [0.2, 0.25) is 0 Å². The first-order valence-electron chi connectivity index (χ1n) is 5.83. The monoisotopic (exact) mass is 222 g/mol. The zero-order chi connectivity index (χ0) is 11.8. The standard InChI is InChI=1S/C13H22N2O/c1-15(10-8-13(16)11-14)9-7-12-5-3-2-4-6-12/h2-6,13,16H,7-11,14H2,1H3. The minimum Gasteiger partial charge on any atom is -0.392 e. The van der Waals surface area contributed by atoms with Crippen molar-refractivity contribution in [2.45, 2.75) is 18.9 Å². The lowest BCUT2D eigenvalue weighted by atomic mass is 10.1. The molecule has 3 nitrogen and oxygen atoms in total. The van der Waals surface area contributed by atoms with E-state index in [4.69, 9.17) is 5.73 Å². The zero-order valence-corrected chi connectivity index (χ0v) is 9.97. The van der Waals surface area contributed by atoms with Gasteiger partial charge in [0.2, 0.25) is 0 Å². The van der Waals surface area contributed by atoms with Gasteiger partial charge in [0.05, 0.1) is 6.10 Å². The van der Waals surface area contributed by atoms with Crippen LogP contribution in [0.4, 0.5) is 0 Å². The molecule has 3 N–H and O–H groups in total. The molecule has 1 aromatic rings. The Morgan fingerprint density at radius 1 is 1.25 bits per heavy atom. The van der Waals surface area contributed by atoms with E-state index in [1.165, 1.54) is 5.56 Å². The van der Waals surface area contributed by atoms with Gasteiger partial charge in [-0.3, -0.25) is 0 Å². The highest BCUT2D eigenvalue weighted by molar-refractivity contribution is 5.14. The summed E-state index contributed by atoms with van der Waals surface area (Å²) in [4.78, 5) is 2.23. The van der Waals surface area contributed by atoms with Crippen LogP contribution in [0.25, 0.3) is 0 Å². The lowest BCUT2D eigenvalue weighted by Gasteiger charge is -2.18. The molecule has 0 aliphatic rings. The van der Waals surface area contributed by atoms with Crippen molar-refractivity contribution >= 4 is 0 Å². The van der Waals surface area contributed by atoms with Crippen LogP contribution in [-0.4, -0.2) is 42.8 Å². The third-order valence-electron chi connectivity index (χ3n) is 2.74. The Kier molecular flexibility index (Phi) is 6.08. The number of aliphatic hydroxyl groups excluding tert-OH is 1. The van der Waals surface area contributed by atoms with Crippen molar-refractivity contribution in [2.24, 2.45) is 5.73 Å². The lowest BCUT2D eigenvalue weighted by Crippen LogP contribution is -2.28. The number of hydrogen-bond donors (Lipinski definition) is 2. The molecule has 0 saturated heterocycles. The van der Waals surface area contributed by atoms with Gasteiger partial charge in [-0.05, 0) is 25.5 Å². The summed E-state index contributed by atoms with van der Waals surface area (Å²) in [7, 11) is 2.08. The van der Waals surface area contributed by atoms with Crippen molar-refractivity contribution in [3.05, 3.63) is 35.9 Å². The van der Waals surface area contributed by atoms with Gasteiger partial charge in [-0.15, -0.1) is 0 Å². The van der Waals surface area contributed by atoms with Crippen LogP contribution in [0.5, 0.6) is 0 Å². The Morgan fingerprint density at radius 3 is 2.56 bits per heavy atom. The fourth-order valence-electron chi connectivity index (χ4n) is 1.56. The SMILES string of the molecule is CN(CCc1ccccc1)CCC(O)CN. The summed E-state index contributed by atoms with van der Waals surface area (Å²) < 4.78 is 0. The van der Waals surface area contributed by atoms with Gasteiger partial charge >= 0.3 is 0 Å². The van der Waals surface area contributed by atoms with Gasteiger partial charge in [0, 0.05) is 19.6 Å². The summed E-state index contributed by atoms with van der Waals surface area (Å²) in [5, 5.41) is 9.34. The minimum absolute atomic E-state index is 0.354. The van der Waals surface area contributed by atoms with Gasteiger partial charge in [-0.2, -0.15) is 0 Å². The lowest BCUT2D eigenvalue weighted by molar-refractivity contribution is 0.154. The van der Waals surface area contributed by atoms with E-state index in [-0.39, 0.29) is 6.10 Å². The van der Waals surface area contributed by atoms with Crippen LogP contribution < -0.4 is 5.73 Å².